The molecule has 1 aromatic rings. The molecule has 2 aliphatic carbocycles. The summed E-state index contributed by atoms with van der Waals surface area (Å²) in [5.41, 5.74) is -0.706. The summed E-state index contributed by atoms with van der Waals surface area (Å²) in [7, 11) is 0. The molecule has 138 valence electrons. The van der Waals surface area contributed by atoms with Gasteiger partial charge in [0.1, 0.15) is 0 Å². The molecule has 1 aromatic carbocycles. The normalized spacial score (nSPS) is 30.2. The Hall–Kier alpha value is -1.14. The van der Waals surface area contributed by atoms with Crippen LogP contribution in [0, 0.1) is 17.8 Å². The lowest BCUT2D eigenvalue weighted by molar-refractivity contribution is -0.147. The zero-order valence-electron chi connectivity index (χ0n) is 14.4. The molecular formula is C19H28ClN3O2. The van der Waals surface area contributed by atoms with Crippen LogP contribution < -0.4 is 16.0 Å². The maximum Gasteiger partial charge on any atom is 0.257 e. The Morgan fingerprint density at radius 1 is 1.16 bits per heavy atom. The van der Waals surface area contributed by atoms with Crippen molar-refractivity contribution in [3.8, 4) is 0 Å². The maximum absolute atomic E-state index is 12.9. The molecule has 1 saturated heterocycles. The SMILES string of the molecule is Cl.O=C(NCNC1[C@H]2CNC[C@@H]12)[C@@](O)(c1ccccc1)C1CCCC1. The van der Waals surface area contributed by atoms with Crippen LogP contribution in [0.1, 0.15) is 31.2 Å². The van der Waals surface area contributed by atoms with E-state index in [-0.39, 0.29) is 24.2 Å². The highest BCUT2D eigenvalue weighted by molar-refractivity contribution is 5.86. The number of hydrogen-bond acceptors (Lipinski definition) is 4. The third-order valence-electron chi connectivity index (χ3n) is 6.18. The van der Waals surface area contributed by atoms with Crippen LogP contribution in [0.3, 0.4) is 0 Å². The van der Waals surface area contributed by atoms with E-state index in [1.165, 1.54) is 0 Å². The van der Waals surface area contributed by atoms with Crippen molar-refractivity contribution in [3.63, 3.8) is 0 Å². The minimum atomic E-state index is -1.42. The van der Waals surface area contributed by atoms with Crippen molar-refractivity contribution < 1.29 is 9.90 Å². The number of aliphatic hydroxyl groups is 1. The molecule has 4 N–H and O–H groups in total. The summed E-state index contributed by atoms with van der Waals surface area (Å²) in [5, 5.41) is 21.1. The van der Waals surface area contributed by atoms with Crippen LogP contribution in [0.15, 0.2) is 30.3 Å². The first-order chi connectivity index (χ1) is 11.7. The van der Waals surface area contributed by atoms with Crippen LogP contribution in [0.5, 0.6) is 0 Å². The predicted octanol–water partition coefficient (Wildman–Crippen LogP) is 1.37. The highest BCUT2D eigenvalue weighted by Crippen LogP contribution is 2.42. The van der Waals surface area contributed by atoms with Gasteiger partial charge in [-0.1, -0.05) is 43.2 Å². The van der Waals surface area contributed by atoms with Crippen molar-refractivity contribution in [1.29, 1.82) is 0 Å². The molecule has 25 heavy (non-hydrogen) atoms. The molecule has 0 spiro atoms. The number of piperidine rings is 1. The van der Waals surface area contributed by atoms with Crippen molar-refractivity contribution >= 4 is 18.3 Å². The van der Waals surface area contributed by atoms with E-state index in [9.17, 15) is 9.90 Å². The van der Waals surface area contributed by atoms with E-state index >= 15 is 0 Å². The zero-order valence-corrected chi connectivity index (χ0v) is 15.2. The molecular weight excluding hydrogens is 338 g/mol. The van der Waals surface area contributed by atoms with E-state index in [4.69, 9.17) is 0 Å². The van der Waals surface area contributed by atoms with E-state index < -0.39 is 5.60 Å². The second kappa shape index (κ2) is 7.62. The molecule has 4 rings (SSSR count). The third-order valence-corrected chi connectivity index (χ3v) is 6.18. The lowest BCUT2D eigenvalue weighted by Gasteiger charge is -2.33. The summed E-state index contributed by atoms with van der Waals surface area (Å²) in [5.74, 6) is 1.16. The smallest absolute Gasteiger partial charge is 0.257 e. The monoisotopic (exact) mass is 365 g/mol. The van der Waals surface area contributed by atoms with Crippen LogP contribution in [0.2, 0.25) is 0 Å². The van der Waals surface area contributed by atoms with Gasteiger partial charge in [-0.15, -0.1) is 12.4 Å². The molecule has 0 radical (unpaired) electrons. The van der Waals surface area contributed by atoms with Gasteiger partial charge in [0.15, 0.2) is 5.60 Å². The molecule has 5 nitrogen and oxygen atoms in total. The molecule has 2 saturated carbocycles. The number of carbonyl (C=O) groups excluding carboxylic acids is 1. The molecule has 3 aliphatic rings. The molecule has 0 bridgehead atoms. The van der Waals surface area contributed by atoms with Gasteiger partial charge in [0.05, 0.1) is 6.67 Å². The minimum absolute atomic E-state index is 0. The summed E-state index contributed by atoms with van der Waals surface area (Å²) in [6.45, 7) is 2.58. The number of hydrogen-bond donors (Lipinski definition) is 4. The third kappa shape index (κ3) is 3.43. The van der Waals surface area contributed by atoms with Gasteiger partial charge in [-0.05, 0) is 43.3 Å². The lowest BCUT2D eigenvalue weighted by atomic mass is 9.79. The molecule has 4 atom stereocenters. The summed E-state index contributed by atoms with van der Waals surface area (Å²) < 4.78 is 0. The molecule has 3 fully saturated rings. The van der Waals surface area contributed by atoms with Crippen molar-refractivity contribution in [2.75, 3.05) is 19.8 Å². The van der Waals surface area contributed by atoms with E-state index in [2.05, 4.69) is 16.0 Å². The van der Waals surface area contributed by atoms with Crippen LogP contribution in [0.25, 0.3) is 0 Å². The molecule has 1 aliphatic heterocycles. The number of carbonyl (C=O) groups is 1. The Bertz CT molecular complexity index is 584. The first-order valence-corrected chi connectivity index (χ1v) is 9.21. The quantitative estimate of drug-likeness (QED) is 0.574. The highest BCUT2D eigenvalue weighted by Gasteiger charge is 2.52. The lowest BCUT2D eigenvalue weighted by Crippen LogP contribution is -2.51. The molecule has 1 unspecified atom stereocenters. The van der Waals surface area contributed by atoms with E-state index in [1.54, 1.807) is 0 Å². The summed E-state index contributed by atoms with van der Waals surface area (Å²) in [4.78, 5) is 12.9. The van der Waals surface area contributed by atoms with Gasteiger partial charge in [-0.2, -0.15) is 0 Å². The fourth-order valence-electron chi connectivity index (χ4n) is 4.69. The number of fused-ring (bicyclic) bond motifs is 1. The second-order valence-electron chi connectivity index (χ2n) is 7.51. The van der Waals surface area contributed by atoms with Crippen LogP contribution >= 0.6 is 12.4 Å². The van der Waals surface area contributed by atoms with Gasteiger partial charge in [0.2, 0.25) is 0 Å². The highest BCUT2D eigenvalue weighted by atomic mass is 35.5. The van der Waals surface area contributed by atoms with Crippen molar-refractivity contribution in [2.45, 2.75) is 37.3 Å². The van der Waals surface area contributed by atoms with E-state index in [0.717, 1.165) is 38.8 Å². The van der Waals surface area contributed by atoms with Gasteiger partial charge >= 0.3 is 0 Å². The minimum Gasteiger partial charge on any atom is -0.375 e. The Kier molecular flexibility index (Phi) is 5.68. The summed E-state index contributed by atoms with van der Waals surface area (Å²) >= 11 is 0. The van der Waals surface area contributed by atoms with Crippen LogP contribution in [-0.4, -0.2) is 36.8 Å². The summed E-state index contributed by atoms with van der Waals surface area (Å²) in [6.07, 6.45) is 3.99. The standard InChI is InChI=1S/C19H27N3O2.ClH/c23-18(22-12-21-17-15-10-20-11-16(15)17)19(24,14-8-4-5-9-14)13-6-2-1-3-7-13;/h1-3,6-7,14-17,20-21,24H,4-5,8-12H2,(H,22,23);1H/t15-,16+,17?,19-;/m1./s1. The van der Waals surface area contributed by atoms with Crippen molar-refractivity contribution in [3.05, 3.63) is 35.9 Å². The Morgan fingerprint density at radius 3 is 2.44 bits per heavy atom. The number of nitrogens with one attached hydrogen (secondary N) is 3. The van der Waals surface area contributed by atoms with E-state index in [0.29, 0.717) is 30.1 Å². The fraction of sp³-hybridized carbons (Fsp3) is 0.632. The number of halogens is 1. The van der Waals surface area contributed by atoms with Gasteiger partial charge in [-0.3, -0.25) is 10.1 Å². The fourth-order valence-corrected chi connectivity index (χ4v) is 4.69. The maximum atomic E-state index is 12.9. The van der Waals surface area contributed by atoms with Gasteiger partial charge < -0.3 is 15.7 Å². The van der Waals surface area contributed by atoms with Crippen LogP contribution in [0.4, 0.5) is 0 Å². The van der Waals surface area contributed by atoms with E-state index in [1.807, 2.05) is 30.3 Å². The second-order valence-corrected chi connectivity index (χ2v) is 7.51. The first kappa shape index (κ1) is 18.6. The molecule has 1 amide bonds. The Morgan fingerprint density at radius 2 is 1.80 bits per heavy atom. The first-order valence-electron chi connectivity index (χ1n) is 9.21. The number of amides is 1. The van der Waals surface area contributed by atoms with Gasteiger partial charge in [-0.25, -0.2) is 0 Å². The van der Waals surface area contributed by atoms with Gasteiger partial charge in [0, 0.05) is 12.0 Å². The largest absolute Gasteiger partial charge is 0.375 e. The zero-order chi connectivity index (χ0) is 16.6. The number of rotatable bonds is 6. The topological polar surface area (TPSA) is 73.4 Å². The molecule has 6 heteroatoms. The average Bonchev–Trinajstić information content (AvgIpc) is 3.07. The Labute approximate surface area is 155 Å². The summed E-state index contributed by atoms with van der Waals surface area (Å²) in [6, 6.07) is 9.93. The molecule has 1 heterocycles. The predicted molar refractivity (Wildman–Crippen MR) is 99.3 cm³/mol. The van der Waals surface area contributed by atoms with Crippen molar-refractivity contribution in [1.82, 2.24) is 16.0 Å². The van der Waals surface area contributed by atoms with Crippen molar-refractivity contribution in [2.24, 2.45) is 17.8 Å². The average molecular weight is 366 g/mol. The number of benzene rings is 1. The van der Waals surface area contributed by atoms with Gasteiger partial charge in [0.25, 0.3) is 5.91 Å². The van der Waals surface area contributed by atoms with Crippen LogP contribution in [-0.2, 0) is 10.4 Å². The Balaban J connectivity index is 0.00000182. The molecule has 0 aromatic heterocycles.